The first-order chi connectivity index (χ1) is 9.03. The first-order valence-electron chi connectivity index (χ1n) is 8.38. The minimum Gasteiger partial charge on any atom is -0.377 e. The summed E-state index contributed by atoms with van der Waals surface area (Å²) < 4.78 is 5.84. The number of hydrogen-bond acceptors (Lipinski definition) is 2. The van der Waals surface area contributed by atoms with Crippen LogP contribution in [0.25, 0.3) is 0 Å². The molecule has 1 aliphatic carbocycles. The molecule has 1 aliphatic heterocycles. The fourth-order valence-electron chi connectivity index (χ4n) is 4.03. The lowest BCUT2D eigenvalue weighted by atomic mass is 9.57. The SMILES string of the molecule is CC(C)CCCCCCNC1C2CCOC2C1(C)C. The highest BCUT2D eigenvalue weighted by Gasteiger charge is 2.58. The van der Waals surface area contributed by atoms with E-state index in [9.17, 15) is 0 Å². The smallest absolute Gasteiger partial charge is 0.0685 e. The summed E-state index contributed by atoms with van der Waals surface area (Å²) in [5.74, 6) is 1.66. The Hall–Kier alpha value is -0.0800. The van der Waals surface area contributed by atoms with E-state index in [-0.39, 0.29) is 0 Å². The van der Waals surface area contributed by atoms with E-state index < -0.39 is 0 Å². The number of nitrogens with one attached hydrogen (secondary N) is 1. The molecule has 1 saturated heterocycles. The van der Waals surface area contributed by atoms with Crippen LogP contribution in [-0.2, 0) is 4.74 Å². The summed E-state index contributed by atoms with van der Waals surface area (Å²) in [4.78, 5) is 0. The summed E-state index contributed by atoms with van der Waals surface area (Å²) >= 11 is 0. The highest BCUT2D eigenvalue weighted by Crippen LogP contribution is 2.52. The van der Waals surface area contributed by atoms with Gasteiger partial charge in [0.1, 0.15) is 0 Å². The van der Waals surface area contributed by atoms with E-state index in [0.29, 0.717) is 17.6 Å². The summed E-state index contributed by atoms with van der Waals surface area (Å²) in [7, 11) is 0. The van der Waals surface area contributed by atoms with E-state index in [1.54, 1.807) is 0 Å². The standard InChI is InChI=1S/C17H33NO/c1-13(2)9-7-5-6-8-11-18-15-14-10-12-19-16(14)17(15,3)4/h13-16,18H,5-12H2,1-4H3. The van der Waals surface area contributed by atoms with Crippen molar-refractivity contribution in [2.45, 2.75) is 78.4 Å². The zero-order valence-corrected chi connectivity index (χ0v) is 13.4. The summed E-state index contributed by atoms with van der Waals surface area (Å²) in [6.07, 6.45) is 8.72. The molecule has 0 radical (unpaired) electrons. The molecular weight excluding hydrogens is 234 g/mol. The zero-order valence-electron chi connectivity index (χ0n) is 13.4. The molecule has 2 nitrogen and oxygen atoms in total. The van der Waals surface area contributed by atoms with E-state index in [0.717, 1.165) is 18.4 Å². The third-order valence-electron chi connectivity index (χ3n) is 5.17. The van der Waals surface area contributed by atoms with Gasteiger partial charge in [0.2, 0.25) is 0 Å². The van der Waals surface area contributed by atoms with Gasteiger partial charge in [0.05, 0.1) is 6.10 Å². The van der Waals surface area contributed by atoms with Crippen LogP contribution in [0.15, 0.2) is 0 Å². The van der Waals surface area contributed by atoms with E-state index in [4.69, 9.17) is 4.74 Å². The third-order valence-corrected chi connectivity index (χ3v) is 5.17. The van der Waals surface area contributed by atoms with Gasteiger partial charge in [-0.15, -0.1) is 0 Å². The van der Waals surface area contributed by atoms with Crippen LogP contribution in [0.2, 0.25) is 0 Å². The van der Waals surface area contributed by atoms with Gasteiger partial charge >= 0.3 is 0 Å². The second kappa shape index (κ2) is 6.58. The average molecular weight is 267 g/mol. The topological polar surface area (TPSA) is 21.3 Å². The number of unbranched alkanes of at least 4 members (excludes halogenated alkanes) is 3. The van der Waals surface area contributed by atoms with Crippen molar-refractivity contribution in [3.63, 3.8) is 0 Å². The van der Waals surface area contributed by atoms with E-state index >= 15 is 0 Å². The van der Waals surface area contributed by atoms with Gasteiger partial charge in [0.25, 0.3) is 0 Å². The predicted molar refractivity (Wildman–Crippen MR) is 81.3 cm³/mol. The first kappa shape index (κ1) is 15.3. The first-order valence-corrected chi connectivity index (χ1v) is 8.38. The van der Waals surface area contributed by atoms with Crippen molar-refractivity contribution < 1.29 is 4.74 Å². The lowest BCUT2D eigenvalue weighted by Crippen LogP contribution is -2.65. The van der Waals surface area contributed by atoms with Crippen LogP contribution >= 0.6 is 0 Å². The Morgan fingerprint density at radius 1 is 1.16 bits per heavy atom. The van der Waals surface area contributed by atoms with Crippen LogP contribution in [0, 0.1) is 17.3 Å². The van der Waals surface area contributed by atoms with Crippen molar-refractivity contribution in [2.24, 2.45) is 17.3 Å². The Kier molecular flexibility index (Phi) is 5.30. The molecule has 0 amide bonds. The molecule has 0 spiro atoms. The molecule has 1 heterocycles. The summed E-state index contributed by atoms with van der Waals surface area (Å²) in [6.45, 7) is 11.5. The molecular formula is C17H33NO. The lowest BCUT2D eigenvalue weighted by Gasteiger charge is -2.55. The van der Waals surface area contributed by atoms with Crippen molar-refractivity contribution in [3.05, 3.63) is 0 Å². The molecule has 19 heavy (non-hydrogen) atoms. The highest BCUT2D eigenvalue weighted by molar-refractivity contribution is 5.11. The fourth-order valence-corrected chi connectivity index (χ4v) is 4.03. The maximum absolute atomic E-state index is 5.84. The van der Waals surface area contributed by atoms with Crippen LogP contribution in [0.4, 0.5) is 0 Å². The minimum absolute atomic E-state index is 0.346. The van der Waals surface area contributed by atoms with Crippen molar-refractivity contribution in [2.75, 3.05) is 13.2 Å². The molecule has 2 rings (SSSR count). The molecule has 1 N–H and O–H groups in total. The molecule has 2 heteroatoms. The van der Waals surface area contributed by atoms with Crippen molar-refractivity contribution >= 4 is 0 Å². The van der Waals surface area contributed by atoms with Crippen LogP contribution in [0.3, 0.4) is 0 Å². The van der Waals surface area contributed by atoms with Gasteiger partial charge in [-0.25, -0.2) is 0 Å². The van der Waals surface area contributed by atoms with Crippen molar-refractivity contribution in [1.29, 1.82) is 0 Å². The maximum Gasteiger partial charge on any atom is 0.0685 e. The highest BCUT2D eigenvalue weighted by atomic mass is 16.5. The summed E-state index contributed by atoms with van der Waals surface area (Å²) in [5.41, 5.74) is 0.346. The van der Waals surface area contributed by atoms with Crippen molar-refractivity contribution in [3.8, 4) is 0 Å². The second-order valence-corrected chi connectivity index (χ2v) is 7.59. The van der Waals surface area contributed by atoms with Crippen LogP contribution < -0.4 is 5.32 Å². The molecule has 0 bridgehead atoms. The largest absolute Gasteiger partial charge is 0.377 e. The van der Waals surface area contributed by atoms with Gasteiger partial charge < -0.3 is 10.1 Å². The minimum atomic E-state index is 0.346. The zero-order chi connectivity index (χ0) is 13.9. The fraction of sp³-hybridized carbons (Fsp3) is 1.00. The van der Waals surface area contributed by atoms with Gasteiger partial charge in [-0.05, 0) is 25.3 Å². The molecule has 0 aromatic heterocycles. The molecule has 2 fully saturated rings. The Morgan fingerprint density at radius 2 is 1.89 bits per heavy atom. The van der Waals surface area contributed by atoms with Gasteiger partial charge in [0.15, 0.2) is 0 Å². The third kappa shape index (κ3) is 3.52. The number of ether oxygens (including phenoxy) is 1. The average Bonchev–Trinajstić information content (AvgIpc) is 2.78. The molecule has 0 aromatic rings. The van der Waals surface area contributed by atoms with Gasteiger partial charge in [-0.3, -0.25) is 0 Å². The van der Waals surface area contributed by atoms with E-state index in [1.807, 2.05) is 0 Å². The van der Waals surface area contributed by atoms with E-state index in [1.165, 1.54) is 45.1 Å². The molecule has 1 saturated carbocycles. The molecule has 112 valence electrons. The monoisotopic (exact) mass is 267 g/mol. The summed E-state index contributed by atoms with van der Waals surface area (Å²) in [6, 6.07) is 0.690. The Balaban J connectivity index is 1.54. The Morgan fingerprint density at radius 3 is 2.63 bits per heavy atom. The Labute approximate surface area is 119 Å². The molecule has 0 aromatic carbocycles. The van der Waals surface area contributed by atoms with E-state index in [2.05, 4.69) is 33.0 Å². The van der Waals surface area contributed by atoms with Crippen molar-refractivity contribution in [1.82, 2.24) is 5.32 Å². The maximum atomic E-state index is 5.84. The van der Waals surface area contributed by atoms with Gasteiger partial charge in [0, 0.05) is 24.0 Å². The van der Waals surface area contributed by atoms with Crippen LogP contribution in [-0.4, -0.2) is 25.3 Å². The number of rotatable bonds is 8. The predicted octanol–water partition coefficient (Wildman–Crippen LogP) is 4.00. The quantitative estimate of drug-likeness (QED) is 0.671. The van der Waals surface area contributed by atoms with Gasteiger partial charge in [-0.2, -0.15) is 0 Å². The normalized spacial score (nSPS) is 32.4. The Bertz CT molecular complexity index is 274. The number of fused-ring (bicyclic) bond motifs is 1. The lowest BCUT2D eigenvalue weighted by molar-refractivity contribution is -0.112. The number of hydrogen-bond donors (Lipinski definition) is 1. The molecule has 3 unspecified atom stereocenters. The molecule has 2 aliphatic rings. The second-order valence-electron chi connectivity index (χ2n) is 7.59. The summed E-state index contributed by atoms with van der Waals surface area (Å²) in [5, 5.41) is 3.80. The van der Waals surface area contributed by atoms with Gasteiger partial charge in [-0.1, -0.05) is 53.4 Å². The molecule has 3 atom stereocenters. The van der Waals surface area contributed by atoms with Crippen LogP contribution in [0.5, 0.6) is 0 Å². The van der Waals surface area contributed by atoms with Crippen LogP contribution in [0.1, 0.15) is 66.2 Å².